The molecule has 7 heteroatoms. The van der Waals surface area contributed by atoms with E-state index >= 15 is 0 Å². The highest BCUT2D eigenvalue weighted by Crippen LogP contribution is 2.30. The number of piperidine rings is 3. The predicted octanol–water partition coefficient (Wildman–Crippen LogP) is 2.21. The Morgan fingerprint density at radius 1 is 0.857 bits per heavy atom. The Kier molecular flexibility index (Phi) is 10.8. The van der Waals surface area contributed by atoms with Crippen molar-refractivity contribution in [1.29, 1.82) is 0 Å². The first-order valence-electron chi connectivity index (χ1n) is 11.3. The average molecular weight is 507 g/mol. The van der Waals surface area contributed by atoms with Gasteiger partial charge in [-0.3, -0.25) is 9.89 Å². The summed E-state index contributed by atoms with van der Waals surface area (Å²) in [5.74, 6) is 0.974. The second-order valence-electron chi connectivity index (χ2n) is 8.83. The van der Waals surface area contributed by atoms with Crippen LogP contribution >= 0.6 is 24.0 Å². The van der Waals surface area contributed by atoms with E-state index < -0.39 is 0 Å². The Morgan fingerprint density at radius 2 is 1.46 bits per heavy atom. The van der Waals surface area contributed by atoms with Crippen molar-refractivity contribution in [3.05, 3.63) is 0 Å². The van der Waals surface area contributed by atoms with Crippen LogP contribution in [0.15, 0.2) is 4.99 Å². The number of guanidine groups is 1. The molecule has 6 nitrogen and oxygen atoms in total. The first-order valence-corrected chi connectivity index (χ1v) is 11.3. The fourth-order valence-electron chi connectivity index (χ4n) is 4.99. The van der Waals surface area contributed by atoms with Gasteiger partial charge in [-0.25, -0.2) is 0 Å². The maximum absolute atomic E-state index is 4.49. The van der Waals surface area contributed by atoms with E-state index in [4.69, 9.17) is 0 Å². The summed E-state index contributed by atoms with van der Waals surface area (Å²) in [5.41, 5.74) is 0.303. The summed E-state index contributed by atoms with van der Waals surface area (Å²) in [4.78, 5) is 12.3. The van der Waals surface area contributed by atoms with E-state index in [9.17, 15) is 0 Å². The van der Waals surface area contributed by atoms with Gasteiger partial charge in [0.25, 0.3) is 0 Å². The van der Waals surface area contributed by atoms with Crippen LogP contribution in [0.1, 0.15) is 51.4 Å². The van der Waals surface area contributed by atoms with Gasteiger partial charge < -0.3 is 20.4 Å². The van der Waals surface area contributed by atoms with Gasteiger partial charge in [0.2, 0.25) is 0 Å². The van der Waals surface area contributed by atoms with Crippen LogP contribution in [0.25, 0.3) is 0 Å². The van der Waals surface area contributed by atoms with Gasteiger partial charge in [0, 0.05) is 32.2 Å². The van der Waals surface area contributed by atoms with Gasteiger partial charge in [-0.05, 0) is 84.8 Å². The normalized spacial score (nSPS) is 25.1. The molecule has 2 N–H and O–H groups in total. The lowest BCUT2D eigenvalue weighted by Crippen LogP contribution is -2.62. The molecule has 0 radical (unpaired) electrons. The highest BCUT2D eigenvalue weighted by molar-refractivity contribution is 14.0. The molecule has 164 valence electrons. The van der Waals surface area contributed by atoms with Crippen molar-refractivity contribution >= 4 is 29.9 Å². The molecular formula is C21H43IN6. The molecule has 0 bridgehead atoms. The standard InChI is InChI=1S/C21H42N6.HI/c1-22-20(23-11-18-26-12-5-3-6-13-26)24-19-21(9-16-25(2)17-10-21)27-14-7-4-8-15-27;/h3-19H2,1-2H3,(H2,22,23,24);1H. The van der Waals surface area contributed by atoms with Gasteiger partial charge in [-0.2, -0.15) is 0 Å². The smallest absolute Gasteiger partial charge is 0.191 e. The second-order valence-corrected chi connectivity index (χ2v) is 8.83. The molecule has 3 aliphatic heterocycles. The van der Waals surface area contributed by atoms with E-state index in [0.717, 1.165) is 25.6 Å². The quantitative estimate of drug-likeness (QED) is 0.329. The number of likely N-dealkylation sites (tertiary alicyclic amines) is 3. The monoisotopic (exact) mass is 506 g/mol. The maximum Gasteiger partial charge on any atom is 0.191 e. The molecule has 0 aromatic rings. The lowest BCUT2D eigenvalue weighted by Gasteiger charge is -2.50. The minimum Gasteiger partial charge on any atom is -0.355 e. The lowest BCUT2D eigenvalue weighted by atomic mass is 9.84. The van der Waals surface area contributed by atoms with E-state index in [1.54, 1.807) is 0 Å². The number of hydrogen-bond donors (Lipinski definition) is 2. The van der Waals surface area contributed by atoms with Gasteiger partial charge in [0.15, 0.2) is 5.96 Å². The molecule has 0 unspecified atom stereocenters. The van der Waals surface area contributed by atoms with E-state index in [2.05, 4.69) is 37.4 Å². The minimum atomic E-state index is 0. The molecule has 0 atom stereocenters. The van der Waals surface area contributed by atoms with Crippen LogP contribution in [-0.2, 0) is 0 Å². The molecule has 3 fully saturated rings. The maximum atomic E-state index is 4.49. The molecule has 3 saturated heterocycles. The molecule has 0 spiro atoms. The number of nitrogens with zero attached hydrogens (tertiary/aromatic N) is 4. The third-order valence-corrected chi connectivity index (χ3v) is 6.92. The highest BCUT2D eigenvalue weighted by atomic mass is 127. The van der Waals surface area contributed by atoms with Gasteiger partial charge >= 0.3 is 0 Å². The van der Waals surface area contributed by atoms with Crippen molar-refractivity contribution in [2.24, 2.45) is 4.99 Å². The van der Waals surface area contributed by atoms with Crippen molar-refractivity contribution in [2.75, 3.05) is 73.0 Å². The number of nitrogens with one attached hydrogen (secondary N) is 2. The molecule has 0 aliphatic carbocycles. The first kappa shape index (κ1) is 24.2. The van der Waals surface area contributed by atoms with Crippen LogP contribution in [0.4, 0.5) is 0 Å². The molecule has 3 heterocycles. The summed E-state index contributed by atoms with van der Waals surface area (Å²) >= 11 is 0. The molecule has 0 amide bonds. The zero-order valence-electron chi connectivity index (χ0n) is 18.2. The molecule has 3 aliphatic rings. The first-order chi connectivity index (χ1) is 13.2. The number of aliphatic imine (C=N–C) groups is 1. The molecule has 3 rings (SSSR count). The molecule has 28 heavy (non-hydrogen) atoms. The van der Waals surface area contributed by atoms with Crippen LogP contribution in [0.5, 0.6) is 0 Å². The van der Waals surface area contributed by atoms with Crippen LogP contribution in [-0.4, -0.2) is 99.2 Å². The number of halogens is 1. The Balaban J connectivity index is 0.00000280. The van der Waals surface area contributed by atoms with Crippen LogP contribution < -0.4 is 10.6 Å². The topological polar surface area (TPSA) is 46.1 Å². The zero-order valence-corrected chi connectivity index (χ0v) is 20.5. The van der Waals surface area contributed by atoms with E-state index in [1.807, 2.05) is 7.05 Å². The van der Waals surface area contributed by atoms with Crippen molar-refractivity contribution in [1.82, 2.24) is 25.3 Å². The molecule has 0 saturated carbocycles. The zero-order chi connectivity index (χ0) is 19.0. The highest BCUT2D eigenvalue weighted by Gasteiger charge is 2.39. The Labute approximate surface area is 189 Å². The summed E-state index contributed by atoms with van der Waals surface area (Å²) < 4.78 is 0. The van der Waals surface area contributed by atoms with Crippen molar-refractivity contribution < 1.29 is 0 Å². The fraction of sp³-hybridized carbons (Fsp3) is 0.952. The van der Waals surface area contributed by atoms with Gasteiger partial charge in [0.1, 0.15) is 0 Å². The van der Waals surface area contributed by atoms with Crippen molar-refractivity contribution in [3.63, 3.8) is 0 Å². The number of rotatable bonds is 6. The van der Waals surface area contributed by atoms with Crippen LogP contribution in [0.2, 0.25) is 0 Å². The third-order valence-electron chi connectivity index (χ3n) is 6.92. The predicted molar refractivity (Wildman–Crippen MR) is 130 cm³/mol. The van der Waals surface area contributed by atoms with Gasteiger partial charge in [0.05, 0.1) is 0 Å². The summed E-state index contributed by atoms with van der Waals surface area (Å²) in [5, 5.41) is 7.24. The van der Waals surface area contributed by atoms with Gasteiger partial charge in [-0.15, -0.1) is 24.0 Å². The van der Waals surface area contributed by atoms with Crippen molar-refractivity contribution in [2.45, 2.75) is 56.9 Å². The molecular weight excluding hydrogens is 463 g/mol. The lowest BCUT2D eigenvalue weighted by molar-refractivity contribution is 0.0173. The largest absolute Gasteiger partial charge is 0.355 e. The summed E-state index contributed by atoms with van der Waals surface area (Å²) in [6.07, 6.45) is 10.8. The summed E-state index contributed by atoms with van der Waals surface area (Å²) in [7, 11) is 4.16. The molecule has 0 aromatic heterocycles. The van der Waals surface area contributed by atoms with E-state index in [-0.39, 0.29) is 24.0 Å². The Hall–Kier alpha value is -0.120. The van der Waals surface area contributed by atoms with Crippen LogP contribution in [0.3, 0.4) is 0 Å². The molecule has 0 aromatic carbocycles. The second kappa shape index (κ2) is 12.5. The summed E-state index contributed by atoms with van der Waals surface area (Å²) in [6.45, 7) is 10.6. The third kappa shape index (κ3) is 6.99. The van der Waals surface area contributed by atoms with Gasteiger partial charge in [-0.1, -0.05) is 12.8 Å². The number of hydrogen-bond acceptors (Lipinski definition) is 4. The SMILES string of the molecule is CN=C(NCCN1CCCCC1)NCC1(N2CCCCC2)CCN(C)CC1.I. The Morgan fingerprint density at radius 3 is 2.07 bits per heavy atom. The Bertz CT molecular complexity index is 452. The van der Waals surface area contributed by atoms with Crippen molar-refractivity contribution in [3.8, 4) is 0 Å². The van der Waals surface area contributed by atoms with E-state index in [1.165, 1.54) is 90.6 Å². The van der Waals surface area contributed by atoms with Crippen LogP contribution in [0, 0.1) is 0 Å². The summed E-state index contributed by atoms with van der Waals surface area (Å²) in [6, 6.07) is 0. The van der Waals surface area contributed by atoms with E-state index in [0.29, 0.717) is 5.54 Å². The fourth-order valence-corrected chi connectivity index (χ4v) is 4.99. The minimum absolute atomic E-state index is 0. The average Bonchev–Trinajstić information content (AvgIpc) is 2.73.